The van der Waals surface area contributed by atoms with E-state index in [0.717, 1.165) is 22.2 Å². The Morgan fingerprint density at radius 2 is 1.91 bits per heavy atom. The molecular weight excluding hydrogens is 278 g/mol. The summed E-state index contributed by atoms with van der Waals surface area (Å²) in [5.74, 6) is 0.507. The Bertz CT molecular complexity index is 598. The quantitative estimate of drug-likeness (QED) is 0.859. The van der Waals surface area contributed by atoms with Gasteiger partial charge in [-0.3, -0.25) is 0 Å². The van der Waals surface area contributed by atoms with E-state index in [9.17, 15) is 0 Å². The number of anilines is 2. The van der Waals surface area contributed by atoms with Gasteiger partial charge in [0.05, 0.1) is 26.8 Å². The van der Waals surface area contributed by atoms with E-state index < -0.39 is 0 Å². The van der Waals surface area contributed by atoms with Gasteiger partial charge < -0.3 is 19.9 Å². The Morgan fingerprint density at radius 1 is 1.27 bits per heavy atom. The lowest BCUT2D eigenvalue weighted by Crippen LogP contribution is -2.38. The summed E-state index contributed by atoms with van der Waals surface area (Å²) >= 11 is 0. The van der Waals surface area contributed by atoms with E-state index in [1.54, 1.807) is 4.52 Å². The van der Waals surface area contributed by atoms with E-state index >= 15 is 0 Å². The van der Waals surface area contributed by atoms with Crippen molar-refractivity contribution in [3.63, 3.8) is 0 Å². The summed E-state index contributed by atoms with van der Waals surface area (Å²) in [5.41, 5.74) is 8.69. The summed E-state index contributed by atoms with van der Waals surface area (Å²) in [4.78, 5) is 2.02. The Morgan fingerprint density at radius 3 is 2.45 bits per heavy atom. The minimum absolute atomic E-state index is 0.507. The molecule has 0 radical (unpaired) electrons. The number of nitrogens with zero attached hydrogens (tertiary/aromatic N) is 4. The average molecular weight is 308 g/mol. The average Bonchev–Trinajstić information content (AvgIpc) is 2.76. The summed E-state index contributed by atoms with van der Waals surface area (Å²) < 4.78 is 8.35. The third-order valence-electron chi connectivity index (χ3n) is 3.12. The van der Waals surface area contributed by atoms with Crippen molar-refractivity contribution < 1.29 is 9.22 Å². The van der Waals surface area contributed by atoms with Crippen molar-refractivity contribution in [3.05, 3.63) is 18.3 Å². The van der Waals surface area contributed by atoms with Crippen molar-refractivity contribution >= 4 is 16.9 Å². The van der Waals surface area contributed by atoms with Gasteiger partial charge in [0.2, 0.25) is 0 Å². The van der Waals surface area contributed by atoms with Gasteiger partial charge in [0.15, 0.2) is 0 Å². The van der Waals surface area contributed by atoms with E-state index in [4.69, 9.17) is 10.5 Å². The van der Waals surface area contributed by atoms with E-state index in [1.165, 1.54) is 0 Å². The van der Waals surface area contributed by atoms with Crippen molar-refractivity contribution in [1.82, 2.24) is 9.61 Å². The number of ether oxygens (including phenoxy) is 1. The zero-order valence-electron chi connectivity index (χ0n) is 14.9. The van der Waals surface area contributed by atoms with Gasteiger partial charge >= 0.3 is 0 Å². The molecule has 0 spiro atoms. The molecule has 6 heteroatoms. The van der Waals surface area contributed by atoms with Gasteiger partial charge in [-0.1, -0.05) is 13.8 Å². The Kier molecular flexibility index (Phi) is 6.05. The fourth-order valence-electron chi connectivity index (χ4n) is 1.97. The Labute approximate surface area is 133 Å². The first-order chi connectivity index (χ1) is 10.3. The fraction of sp³-hybridized carbons (Fsp3) is 0.562. The Balaban J connectivity index is 0.00000116. The van der Waals surface area contributed by atoms with Crippen LogP contribution >= 0.6 is 0 Å². The lowest BCUT2D eigenvalue weighted by Gasteiger charge is -2.23. The topological polar surface area (TPSA) is 55.8 Å². The van der Waals surface area contributed by atoms with Crippen molar-refractivity contribution in [2.24, 2.45) is 0 Å². The minimum atomic E-state index is 0.507. The SMILES string of the molecule is CC.CN(C)c1cccn2nc(OCC[N+](C)(C)C)c(N)c12. The summed E-state index contributed by atoms with van der Waals surface area (Å²) in [6, 6.07) is 3.97. The lowest BCUT2D eigenvalue weighted by molar-refractivity contribution is -0.870. The van der Waals surface area contributed by atoms with Gasteiger partial charge in [0, 0.05) is 20.3 Å². The lowest BCUT2D eigenvalue weighted by atomic mass is 10.3. The molecule has 0 saturated carbocycles. The van der Waals surface area contributed by atoms with Crippen LogP contribution in [0.1, 0.15) is 13.8 Å². The van der Waals surface area contributed by atoms with Gasteiger partial charge in [0.25, 0.3) is 5.88 Å². The number of pyridine rings is 1. The normalized spacial score (nSPS) is 11.0. The molecule has 0 bridgehead atoms. The number of quaternary nitrogens is 1. The second-order valence-corrected chi connectivity index (χ2v) is 6.16. The van der Waals surface area contributed by atoms with E-state index in [0.29, 0.717) is 18.2 Å². The highest BCUT2D eigenvalue weighted by Gasteiger charge is 2.16. The predicted molar refractivity (Wildman–Crippen MR) is 93.7 cm³/mol. The molecule has 0 aliphatic carbocycles. The van der Waals surface area contributed by atoms with Crippen molar-refractivity contribution in [2.45, 2.75) is 13.8 Å². The number of nitrogens with two attached hydrogens (primary N) is 1. The molecule has 0 aromatic carbocycles. The first-order valence-corrected chi connectivity index (χ1v) is 7.67. The van der Waals surface area contributed by atoms with Gasteiger partial charge in [-0.05, 0) is 12.1 Å². The summed E-state index contributed by atoms with van der Waals surface area (Å²) in [5, 5.41) is 4.41. The molecule has 6 nitrogen and oxygen atoms in total. The fourth-order valence-corrected chi connectivity index (χ4v) is 1.97. The summed E-state index contributed by atoms with van der Waals surface area (Å²) in [7, 11) is 10.3. The number of nitrogen functional groups attached to an aromatic ring is 1. The largest absolute Gasteiger partial charge is 0.469 e. The number of hydrogen-bond acceptors (Lipinski definition) is 4. The summed E-state index contributed by atoms with van der Waals surface area (Å²) in [6.07, 6.45) is 1.88. The second kappa shape index (κ2) is 7.35. The van der Waals surface area contributed by atoms with E-state index in [1.807, 2.05) is 51.2 Å². The molecule has 2 aromatic rings. The molecule has 0 saturated heterocycles. The first kappa shape index (κ1) is 18.1. The van der Waals surface area contributed by atoms with Crippen LogP contribution < -0.4 is 15.4 Å². The molecule has 0 atom stereocenters. The third-order valence-corrected chi connectivity index (χ3v) is 3.12. The van der Waals surface area contributed by atoms with Crippen LogP contribution in [0, 0.1) is 0 Å². The molecule has 2 N–H and O–H groups in total. The molecule has 0 fully saturated rings. The van der Waals surface area contributed by atoms with Crippen molar-refractivity contribution in [1.29, 1.82) is 0 Å². The van der Waals surface area contributed by atoms with Crippen LogP contribution in [-0.2, 0) is 0 Å². The molecule has 22 heavy (non-hydrogen) atoms. The van der Waals surface area contributed by atoms with E-state index in [-0.39, 0.29) is 0 Å². The number of rotatable bonds is 5. The number of likely N-dealkylation sites (N-methyl/N-ethyl adjacent to an activating group) is 1. The minimum Gasteiger partial charge on any atom is -0.469 e. The van der Waals surface area contributed by atoms with Crippen molar-refractivity contribution in [2.75, 3.05) is 59.0 Å². The van der Waals surface area contributed by atoms with Crippen LogP contribution in [0.25, 0.3) is 5.52 Å². The molecule has 0 amide bonds. The summed E-state index contributed by atoms with van der Waals surface area (Å²) in [6.45, 7) is 5.49. The molecule has 0 aliphatic heterocycles. The van der Waals surface area contributed by atoms with Crippen LogP contribution in [0.2, 0.25) is 0 Å². The molecular formula is C16H30N5O+. The van der Waals surface area contributed by atoms with Crippen molar-refractivity contribution in [3.8, 4) is 5.88 Å². The van der Waals surface area contributed by atoms with E-state index in [2.05, 4.69) is 26.2 Å². The van der Waals surface area contributed by atoms with Gasteiger partial charge in [0.1, 0.15) is 24.4 Å². The molecule has 2 rings (SSSR count). The maximum atomic E-state index is 6.19. The maximum absolute atomic E-state index is 6.19. The van der Waals surface area contributed by atoms with Crippen LogP contribution in [-0.4, -0.2) is 62.5 Å². The van der Waals surface area contributed by atoms with Crippen LogP contribution in [0.5, 0.6) is 5.88 Å². The zero-order valence-corrected chi connectivity index (χ0v) is 14.9. The van der Waals surface area contributed by atoms with Crippen LogP contribution in [0.3, 0.4) is 0 Å². The predicted octanol–water partition coefficient (Wildman–Crippen LogP) is 2.09. The molecule has 0 aliphatic rings. The molecule has 2 heterocycles. The van der Waals surface area contributed by atoms with Crippen LogP contribution in [0.4, 0.5) is 11.4 Å². The smallest absolute Gasteiger partial charge is 0.257 e. The highest BCUT2D eigenvalue weighted by molar-refractivity contribution is 5.87. The molecule has 0 unspecified atom stereocenters. The van der Waals surface area contributed by atoms with Gasteiger partial charge in [-0.25, -0.2) is 4.52 Å². The zero-order chi connectivity index (χ0) is 16.9. The monoisotopic (exact) mass is 308 g/mol. The maximum Gasteiger partial charge on any atom is 0.257 e. The number of hydrogen-bond donors (Lipinski definition) is 1. The van der Waals surface area contributed by atoms with Crippen LogP contribution in [0.15, 0.2) is 18.3 Å². The van der Waals surface area contributed by atoms with Gasteiger partial charge in [-0.2, -0.15) is 0 Å². The second-order valence-electron chi connectivity index (χ2n) is 6.16. The highest BCUT2D eigenvalue weighted by Crippen LogP contribution is 2.31. The number of aromatic nitrogens is 2. The molecule has 2 aromatic heterocycles. The first-order valence-electron chi connectivity index (χ1n) is 7.67. The third kappa shape index (κ3) is 4.27. The Hall–Kier alpha value is -1.95. The number of fused-ring (bicyclic) bond motifs is 1. The highest BCUT2D eigenvalue weighted by atomic mass is 16.5. The standard InChI is InChI=1S/C14H24N5O.C2H6/c1-17(2)11-7-6-8-18-13(11)12(15)14(16-18)20-10-9-19(3,4)5;1-2/h6-8H,9-10,15H2,1-5H3;1-2H3/q+1;. The molecule has 124 valence electrons. The van der Waals surface area contributed by atoms with Gasteiger partial charge in [-0.15, -0.1) is 5.10 Å².